The van der Waals surface area contributed by atoms with E-state index in [1.807, 2.05) is 0 Å². The molecule has 3 N–H and O–H groups in total. The van der Waals surface area contributed by atoms with Crippen LogP contribution in [0.2, 0.25) is 5.02 Å². The van der Waals surface area contributed by atoms with Gasteiger partial charge >= 0.3 is 0 Å². The molecule has 3 amide bonds. The fourth-order valence-electron chi connectivity index (χ4n) is 3.00. The third-order valence-electron chi connectivity index (χ3n) is 5.03. The van der Waals surface area contributed by atoms with Gasteiger partial charge in [-0.05, 0) is 48.6 Å². The van der Waals surface area contributed by atoms with Crippen LogP contribution >= 0.6 is 11.6 Å². The lowest BCUT2D eigenvalue weighted by molar-refractivity contribution is -0.124. The summed E-state index contributed by atoms with van der Waals surface area (Å²) in [7, 11) is 1.49. The van der Waals surface area contributed by atoms with Gasteiger partial charge in [-0.1, -0.05) is 51.4 Å². The molecule has 0 aliphatic carbocycles. The molecule has 0 aromatic heterocycles. The summed E-state index contributed by atoms with van der Waals surface area (Å²) >= 11 is 6.07. The second-order valence-corrected chi connectivity index (χ2v) is 8.92. The third-order valence-corrected chi connectivity index (χ3v) is 5.36. The zero-order valence-electron chi connectivity index (χ0n) is 20.1. The number of rotatable bonds is 10. The lowest BCUT2D eigenvalue weighted by atomic mass is 10.0. The molecule has 2 aromatic rings. The predicted octanol–water partition coefficient (Wildman–Crippen LogP) is 3.99. The van der Waals surface area contributed by atoms with E-state index in [1.165, 1.54) is 13.2 Å². The van der Waals surface area contributed by atoms with Crippen LogP contribution in [0.5, 0.6) is 11.5 Å². The van der Waals surface area contributed by atoms with E-state index in [-0.39, 0.29) is 22.1 Å². The van der Waals surface area contributed by atoms with Crippen LogP contribution in [0.1, 0.15) is 54.8 Å². The first-order valence-electron chi connectivity index (χ1n) is 11.1. The zero-order chi connectivity index (χ0) is 25.3. The Morgan fingerprint density at radius 2 is 1.65 bits per heavy atom. The van der Waals surface area contributed by atoms with Gasteiger partial charge in [0, 0.05) is 5.56 Å². The molecule has 0 spiro atoms. The Kier molecular flexibility index (Phi) is 10.2. The summed E-state index contributed by atoms with van der Waals surface area (Å²) in [4.78, 5) is 37.9. The summed E-state index contributed by atoms with van der Waals surface area (Å²) in [5.41, 5.74) is 5.28. The number of hydrogen-bond donors (Lipinski definition) is 3. The summed E-state index contributed by atoms with van der Waals surface area (Å²) in [6.07, 6.45) is 0.890. The molecule has 1 atom stereocenters. The van der Waals surface area contributed by atoms with Crippen molar-refractivity contribution in [1.82, 2.24) is 16.2 Å². The average molecular weight is 490 g/mol. The topological polar surface area (TPSA) is 106 Å². The van der Waals surface area contributed by atoms with Crippen LogP contribution < -0.4 is 25.6 Å². The number of halogens is 1. The highest BCUT2D eigenvalue weighted by atomic mass is 35.5. The standard InChI is InChI=1S/C25H32ClN3O5/c1-15(2)12-13-34-20-11-10-17(14-21(20)33-5)23(30)28-29-25(32)22(16(3)4)27-24(31)18-8-6-7-9-19(18)26/h6-11,14-16,22H,12-13H2,1-5H3,(H,27,31)(H,28,30)(H,29,32)/t22-/m0/s1. The largest absolute Gasteiger partial charge is 0.493 e. The summed E-state index contributed by atoms with van der Waals surface area (Å²) in [6.45, 7) is 8.30. The van der Waals surface area contributed by atoms with Gasteiger partial charge in [0.2, 0.25) is 0 Å². The van der Waals surface area contributed by atoms with Crippen molar-refractivity contribution in [3.8, 4) is 11.5 Å². The molecule has 9 heteroatoms. The molecule has 0 bridgehead atoms. The molecule has 34 heavy (non-hydrogen) atoms. The van der Waals surface area contributed by atoms with Crippen molar-refractivity contribution in [3.63, 3.8) is 0 Å². The normalized spacial score (nSPS) is 11.6. The van der Waals surface area contributed by atoms with Crippen LogP contribution in [-0.4, -0.2) is 37.5 Å². The van der Waals surface area contributed by atoms with Gasteiger partial charge in [0.1, 0.15) is 6.04 Å². The molecular formula is C25H32ClN3O5. The minimum absolute atomic E-state index is 0.245. The molecule has 0 heterocycles. The number of methoxy groups -OCH3 is 1. The van der Waals surface area contributed by atoms with E-state index in [2.05, 4.69) is 30.0 Å². The van der Waals surface area contributed by atoms with Gasteiger partial charge in [0.15, 0.2) is 11.5 Å². The van der Waals surface area contributed by atoms with Crippen molar-refractivity contribution in [1.29, 1.82) is 0 Å². The molecule has 0 fully saturated rings. The molecule has 0 saturated carbocycles. The van der Waals surface area contributed by atoms with E-state index in [1.54, 1.807) is 50.2 Å². The minimum Gasteiger partial charge on any atom is -0.493 e. The molecule has 0 aliphatic rings. The van der Waals surface area contributed by atoms with Gasteiger partial charge < -0.3 is 14.8 Å². The van der Waals surface area contributed by atoms with Gasteiger partial charge in [-0.2, -0.15) is 0 Å². The van der Waals surface area contributed by atoms with Crippen LogP contribution in [0.15, 0.2) is 42.5 Å². The highest BCUT2D eigenvalue weighted by molar-refractivity contribution is 6.33. The molecule has 0 unspecified atom stereocenters. The molecule has 184 valence electrons. The Morgan fingerprint density at radius 3 is 2.26 bits per heavy atom. The van der Waals surface area contributed by atoms with Crippen LogP contribution in [-0.2, 0) is 4.79 Å². The van der Waals surface area contributed by atoms with Crippen molar-refractivity contribution in [3.05, 3.63) is 58.6 Å². The molecule has 2 aromatic carbocycles. The fraction of sp³-hybridized carbons (Fsp3) is 0.400. The van der Waals surface area contributed by atoms with Crippen LogP contribution in [0.25, 0.3) is 0 Å². The van der Waals surface area contributed by atoms with E-state index in [0.717, 1.165) is 6.42 Å². The Hall–Kier alpha value is -3.26. The van der Waals surface area contributed by atoms with Crippen LogP contribution in [0.4, 0.5) is 0 Å². The lowest BCUT2D eigenvalue weighted by Crippen LogP contribution is -2.54. The Labute approximate surface area is 205 Å². The quantitative estimate of drug-likeness (QED) is 0.437. The monoisotopic (exact) mass is 489 g/mol. The number of hydrazine groups is 1. The van der Waals surface area contributed by atoms with Crippen molar-refractivity contribution >= 4 is 29.3 Å². The lowest BCUT2D eigenvalue weighted by Gasteiger charge is -2.22. The van der Waals surface area contributed by atoms with Gasteiger partial charge in [-0.25, -0.2) is 0 Å². The Balaban J connectivity index is 2.00. The molecule has 0 saturated heterocycles. The third kappa shape index (κ3) is 7.66. The van der Waals surface area contributed by atoms with Crippen molar-refractivity contribution < 1.29 is 23.9 Å². The number of nitrogens with one attached hydrogen (secondary N) is 3. The van der Waals surface area contributed by atoms with Crippen molar-refractivity contribution in [2.24, 2.45) is 11.8 Å². The van der Waals surface area contributed by atoms with E-state index >= 15 is 0 Å². The number of hydrogen-bond acceptors (Lipinski definition) is 5. The van der Waals surface area contributed by atoms with Gasteiger partial charge in [0.25, 0.3) is 17.7 Å². The fourth-order valence-corrected chi connectivity index (χ4v) is 3.22. The minimum atomic E-state index is -0.893. The molecule has 8 nitrogen and oxygen atoms in total. The first kappa shape index (κ1) is 27.0. The van der Waals surface area contributed by atoms with E-state index in [0.29, 0.717) is 24.0 Å². The van der Waals surface area contributed by atoms with E-state index in [4.69, 9.17) is 21.1 Å². The zero-order valence-corrected chi connectivity index (χ0v) is 20.9. The van der Waals surface area contributed by atoms with Gasteiger partial charge in [-0.15, -0.1) is 0 Å². The maximum atomic E-state index is 12.7. The van der Waals surface area contributed by atoms with Gasteiger partial charge in [0.05, 0.1) is 24.3 Å². The molecular weight excluding hydrogens is 458 g/mol. The average Bonchev–Trinajstić information content (AvgIpc) is 2.80. The first-order chi connectivity index (χ1) is 16.1. The summed E-state index contributed by atoms with van der Waals surface area (Å²) in [6, 6.07) is 10.4. The first-order valence-corrected chi connectivity index (χ1v) is 11.5. The van der Waals surface area contributed by atoms with Crippen molar-refractivity contribution in [2.45, 2.75) is 40.2 Å². The van der Waals surface area contributed by atoms with E-state index < -0.39 is 23.8 Å². The maximum Gasteiger partial charge on any atom is 0.269 e. The number of ether oxygens (including phenoxy) is 2. The number of benzene rings is 2. The number of carbonyl (C=O) groups is 3. The molecule has 0 radical (unpaired) electrons. The van der Waals surface area contributed by atoms with E-state index in [9.17, 15) is 14.4 Å². The number of carbonyl (C=O) groups excluding carboxylic acids is 3. The summed E-state index contributed by atoms with van der Waals surface area (Å²) in [5.74, 6) is -0.386. The van der Waals surface area contributed by atoms with Crippen LogP contribution in [0.3, 0.4) is 0 Å². The highest BCUT2D eigenvalue weighted by Crippen LogP contribution is 2.28. The number of amides is 3. The summed E-state index contributed by atoms with van der Waals surface area (Å²) in [5, 5.41) is 2.95. The Morgan fingerprint density at radius 1 is 0.941 bits per heavy atom. The second kappa shape index (κ2) is 12.8. The summed E-state index contributed by atoms with van der Waals surface area (Å²) < 4.78 is 11.1. The molecule has 2 rings (SSSR count). The highest BCUT2D eigenvalue weighted by Gasteiger charge is 2.26. The SMILES string of the molecule is COc1cc(C(=O)NNC(=O)[C@@H](NC(=O)c2ccccc2Cl)C(C)C)ccc1OCCC(C)C. The maximum absolute atomic E-state index is 12.7. The van der Waals surface area contributed by atoms with Gasteiger partial charge in [-0.3, -0.25) is 25.2 Å². The molecule has 0 aliphatic heterocycles. The smallest absolute Gasteiger partial charge is 0.269 e. The van der Waals surface area contributed by atoms with Crippen LogP contribution in [0, 0.1) is 11.8 Å². The Bertz CT molecular complexity index is 1010. The van der Waals surface area contributed by atoms with Crippen molar-refractivity contribution in [2.75, 3.05) is 13.7 Å². The second-order valence-electron chi connectivity index (χ2n) is 8.51. The predicted molar refractivity (Wildman–Crippen MR) is 131 cm³/mol.